The van der Waals surface area contributed by atoms with Crippen LogP contribution in [0.4, 0.5) is 0 Å². The highest BCUT2D eigenvalue weighted by Gasteiger charge is 2.05. The molecule has 0 atom stereocenters. The van der Waals surface area contributed by atoms with E-state index in [2.05, 4.69) is 54.9 Å². The zero-order chi connectivity index (χ0) is 17.0. The average molecular weight is 329 g/mol. The van der Waals surface area contributed by atoms with E-state index in [-0.39, 0.29) is 4.90 Å². The Kier molecular flexibility index (Phi) is 5.13. The summed E-state index contributed by atoms with van der Waals surface area (Å²) in [6, 6.07) is 18.5. The summed E-state index contributed by atoms with van der Waals surface area (Å²) in [5.41, 5.74) is 3.50. The summed E-state index contributed by atoms with van der Waals surface area (Å²) in [5.74, 6) is 0. The molecule has 0 N–H and O–H groups in total. The molecule has 2 aromatic carbocycles. The minimum atomic E-state index is -4.27. The first-order valence-electron chi connectivity index (χ1n) is 7.16. The van der Waals surface area contributed by atoms with Crippen LogP contribution in [-0.2, 0) is 17.2 Å². The zero-order valence-corrected chi connectivity index (χ0v) is 14.2. The van der Waals surface area contributed by atoms with Gasteiger partial charge in [0.25, 0.3) is 0 Å². The zero-order valence-electron chi connectivity index (χ0n) is 13.4. The lowest BCUT2D eigenvalue weighted by Crippen LogP contribution is -2.32. The minimum Gasteiger partial charge on any atom is -0.744 e. The number of aryl methyl sites for hydroxylation is 3. The average Bonchev–Trinajstić information content (AvgIpc) is 2.51. The van der Waals surface area contributed by atoms with Crippen molar-refractivity contribution in [2.75, 3.05) is 0 Å². The molecular formula is C18H19NO3S. The molecule has 4 nitrogen and oxygen atoms in total. The third-order valence-corrected chi connectivity index (χ3v) is 4.49. The van der Waals surface area contributed by atoms with E-state index >= 15 is 0 Å². The highest BCUT2D eigenvalue weighted by molar-refractivity contribution is 7.85. The van der Waals surface area contributed by atoms with Crippen LogP contribution in [0.1, 0.15) is 11.3 Å². The monoisotopic (exact) mass is 329 g/mol. The largest absolute Gasteiger partial charge is 0.744 e. The van der Waals surface area contributed by atoms with E-state index in [1.54, 1.807) is 12.1 Å². The van der Waals surface area contributed by atoms with E-state index in [0.717, 1.165) is 5.56 Å². The molecule has 0 saturated carbocycles. The fourth-order valence-electron chi connectivity index (χ4n) is 2.15. The molecule has 0 saturated heterocycles. The van der Waals surface area contributed by atoms with Crippen LogP contribution in [0.2, 0.25) is 0 Å². The van der Waals surface area contributed by atoms with Gasteiger partial charge < -0.3 is 4.55 Å². The molecule has 0 spiro atoms. The van der Waals surface area contributed by atoms with E-state index in [1.165, 1.54) is 28.7 Å². The predicted octanol–water partition coefficient (Wildman–Crippen LogP) is 2.87. The van der Waals surface area contributed by atoms with Gasteiger partial charge in [0.05, 0.1) is 4.90 Å². The van der Waals surface area contributed by atoms with Crippen molar-refractivity contribution in [3.8, 4) is 0 Å². The van der Waals surface area contributed by atoms with Crippen LogP contribution < -0.4 is 4.57 Å². The van der Waals surface area contributed by atoms with Gasteiger partial charge in [0, 0.05) is 24.4 Å². The van der Waals surface area contributed by atoms with Gasteiger partial charge in [0.2, 0.25) is 5.52 Å². The van der Waals surface area contributed by atoms with Crippen LogP contribution in [0, 0.1) is 13.8 Å². The standard InChI is InChI=1S/C11H12N.C7H8O3S/c1-9-7-8-10-5-3-4-6-11(10)12(9)2;1-6-2-4-7(5-3-6)11(8,9)10/h3-8H,1-2H3;2-5H,1H3,(H,8,9,10)/q+1;/p-1. The molecule has 0 aliphatic rings. The first kappa shape index (κ1) is 17.1. The molecule has 5 heteroatoms. The van der Waals surface area contributed by atoms with Crippen molar-refractivity contribution < 1.29 is 17.5 Å². The van der Waals surface area contributed by atoms with Gasteiger partial charge in [-0.1, -0.05) is 29.8 Å². The summed E-state index contributed by atoms with van der Waals surface area (Å²) in [6.45, 7) is 3.94. The second-order valence-electron chi connectivity index (χ2n) is 5.36. The lowest BCUT2D eigenvalue weighted by atomic mass is 10.2. The highest BCUT2D eigenvalue weighted by Crippen LogP contribution is 2.09. The normalized spacial score (nSPS) is 11.0. The van der Waals surface area contributed by atoms with Crippen LogP contribution >= 0.6 is 0 Å². The Labute approximate surface area is 136 Å². The second kappa shape index (κ2) is 6.89. The maximum absolute atomic E-state index is 10.4. The van der Waals surface area contributed by atoms with E-state index < -0.39 is 10.1 Å². The molecule has 0 bridgehead atoms. The Bertz CT molecular complexity index is 917. The van der Waals surface area contributed by atoms with Crippen molar-refractivity contribution in [3.05, 3.63) is 71.9 Å². The first-order chi connectivity index (χ1) is 10.8. The number of benzene rings is 2. The molecule has 0 fully saturated rings. The maximum atomic E-state index is 10.4. The fraction of sp³-hybridized carbons (Fsp3) is 0.167. The van der Waals surface area contributed by atoms with E-state index in [9.17, 15) is 13.0 Å². The van der Waals surface area contributed by atoms with Gasteiger partial charge in [-0.25, -0.2) is 8.42 Å². The lowest BCUT2D eigenvalue weighted by molar-refractivity contribution is -0.651. The molecule has 1 aromatic heterocycles. The third-order valence-electron chi connectivity index (χ3n) is 3.64. The molecular weight excluding hydrogens is 310 g/mol. The summed E-state index contributed by atoms with van der Waals surface area (Å²) < 4.78 is 33.4. The molecule has 0 radical (unpaired) electrons. The van der Waals surface area contributed by atoms with Crippen LogP contribution in [0.15, 0.2) is 65.6 Å². The molecule has 3 aromatic rings. The van der Waals surface area contributed by atoms with E-state index in [4.69, 9.17) is 0 Å². The number of aromatic nitrogens is 1. The second-order valence-corrected chi connectivity index (χ2v) is 6.74. The van der Waals surface area contributed by atoms with Gasteiger partial charge >= 0.3 is 0 Å². The fourth-order valence-corrected chi connectivity index (χ4v) is 2.62. The van der Waals surface area contributed by atoms with Crippen molar-refractivity contribution in [3.63, 3.8) is 0 Å². The summed E-state index contributed by atoms with van der Waals surface area (Å²) in [5, 5.41) is 1.30. The number of fused-ring (bicyclic) bond motifs is 1. The van der Waals surface area contributed by atoms with Crippen LogP contribution in [0.3, 0.4) is 0 Å². The summed E-state index contributed by atoms with van der Waals surface area (Å²) in [7, 11) is -2.17. The van der Waals surface area contributed by atoms with Crippen LogP contribution in [-0.4, -0.2) is 13.0 Å². The lowest BCUT2D eigenvalue weighted by Gasteiger charge is -2.05. The Hall–Kier alpha value is -2.24. The molecule has 0 amide bonds. The first-order valence-corrected chi connectivity index (χ1v) is 8.57. The minimum absolute atomic E-state index is 0.178. The van der Waals surface area contributed by atoms with Crippen molar-refractivity contribution in [1.29, 1.82) is 0 Å². The van der Waals surface area contributed by atoms with Crippen molar-refractivity contribution in [2.45, 2.75) is 18.7 Å². The quantitative estimate of drug-likeness (QED) is 0.509. The van der Waals surface area contributed by atoms with Gasteiger partial charge in [0.1, 0.15) is 17.2 Å². The molecule has 0 aliphatic heterocycles. The van der Waals surface area contributed by atoms with Crippen molar-refractivity contribution >= 4 is 21.0 Å². The van der Waals surface area contributed by atoms with Gasteiger partial charge in [-0.05, 0) is 31.2 Å². The summed E-state index contributed by atoms with van der Waals surface area (Å²) in [6.07, 6.45) is 0. The van der Waals surface area contributed by atoms with Crippen molar-refractivity contribution in [1.82, 2.24) is 0 Å². The topological polar surface area (TPSA) is 61.1 Å². The van der Waals surface area contributed by atoms with E-state index in [0.29, 0.717) is 0 Å². The molecule has 1 heterocycles. The SMILES string of the molecule is Cc1ccc(S(=O)(=O)[O-])cc1.Cc1ccc2ccccc2[n+]1C. The number of hydrogen-bond acceptors (Lipinski definition) is 3. The van der Waals surface area contributed by atoms with Crippen molar-refractivity contribution in [2.24, 2.45) is 7.05 Å². The van der Waals surface area contributed by atoms with Crippen LogP contribution in [0.5, 0.6) is 0 Å². The van der Waals surface area contributed by atoms with Gasteiger partial charge in [-0.3, -0.25) is 0 Å². The highest BCUT2D eigenvalue weighted by atomic mass is 32.2. The number of rotatable bonds is 1. The molecule has 0 unspecified atom stereocenters. The number of hydrogen-bond donors (Lipinski definition) is 0. The summed E-state index contributed by atoms with van der Waals surface area (Å²) >= 11 is 0. The Morgan fingerprint density at radius 1 is 0.870 bits per heavy atom. The van der Waals surface area contributed by atoms with Gasteiger partial charge in [-0.2, -0.15) is 4.57 Å². The maximum Gasteiger partial charge on any atom is 0.212 e. The molecule has 120 valence electrons. The number of pyridine rings is 1. The third kappa shape index (κ3) is 4.37. The van der Waals surface area contributed by atoms with Crippen LogP contribution in [0.25, 0.3) is 10.9 Å². The number of nitrogens with zero attached hydrogens (tertiary/aromatic N) is 1. The van der Waals surface area contributed by atoms with E-state index in [1.807, 2.05) is 6.92 Å². The Balaban J connectivity index is 0.000000168. The Morgan fingerprint density at radius 3 is 2.09 bits per heavy atom. The molecule has 3 rings (SSSR count). The molecule has 0 aliphatic carbocycles. The molecule has 23 heavy (non-hydrogen) atoms. The number of para-hydroxylation sites is 1. The predicted molar refractivity (Wildman–Crippen MR) is 89.0 cm³/mol. The van der Waals surface area contributed by atoms with Gasteiger partial charge in [-0.15, -0.1) is 0 Å². The smallest absolute Gasteiger partial charge is 0.212 e. The summed E-state index contributed by atoms with van der Waals surface area (Å²) in [4.78, 5) is -0.178. The van der Waals surface area contributed by atoms with Gasteiger partial charge in [0.15, 0.2) is 5.69 Å². The Morgan fingerprint density at radius 2 is 1.48 bits per heavy atom.